The van der Waals surface area contributed by atoms with Gasteiger partial charge in [-0.05, 0) is 56.2 Å². The Morgan fingerprint density at radius 2 is 1.31 bits per heavy atom. The Bertz CT molecular complexity index is 1610. The number of rotatable bonds is 26. The number of Topliss-reactive ketones (excluding diaryl/α,β-unsaturated/α-hetero) is 1. The van der Waals surface area contributed by atoms with Crippen LogP contribution in [0.15, 0.2) is 24.3 Å². The first-order chi connectivity index (χ1) is 29.4. The van der Waals surface area contributed by atoms with E-state index >= 15 is 0 Å². The number of nitrogens with one attached hydrogen (secondary N) is 5. The molecule has 2 aliphatic heterocycles. The zero-order chi connectivity index (χ0) is 46.2. The molecule has 0 aromatic heterocycles. The average molecular weight is 879 g/mol. The normalized spacial score (nSPS) is 16.8. The van der Waals surface area contributed by atoms with Crippen molar-refractivity contribution in [1.29, 1.82) is 0 Å². The van der Waals surface area contributed by atoms with Gasteiger partial charge < -0.3 is 41.3 Å². The van der Waals surface area contributed by atoms with Crippen molar-refractivity contribution in [2.24, 2.45) is 17.8 Å². The fraction of sp³-hybridized carbons (Fsp3) is 0.625. The largest absolute Gasteiger partial charge is 0.494 e. The van der Waals surface area contributed by atoms with Crippen LogP contribution in [0.1, 0.15) is 52.0 Å². The SMILES string of the molecule is CC(=O)CN(CCN(CCN(CC(=O)O)CC(=O)O)CC(=O)NCCCNC(=O)CNC(=O)C1Cc2ccc(cc2)OCCC[C@H](C(=O)NO)[C@@H](CC(C)C)C(=O)N1)CC(=O)O. The van der Waals surface area contributed by atoms with Crippen LogP contribution in [-0.4, -0.2) is 180 Å². The standard InChI is InChI=1S/C40H62N8O14/c1-26(2)18-31-30(39(59)45-61)6-4-17-62-29-9-7-28(8-10-29)19-32(44-38(31)58)40(60)43-20-33(50)41-11-5-12-42-34(51)22-46(13-15-47(21-27(3)49)23-35(52)53)14-16-48(24-36(54)55)25-37(56)57/h7-10,26,30-32,61H,4-6,11-25H2,1-3H3,(H,41,50)(H,42,51)(H,43,60)(H,44,58)(H,45,59)(H,52,53)(H,54,55)(H,56,57)/t30-,31+,32?/m0/s1. The van der Waals surface area contributed by atoms with Gasteiger partial charge in [0.15, 0.2) is 0 Å². The van der Waals surface area contributed by atoms with Crippen LogP contribution in [0, 0.1) is 17.8 Å². The third kappa shape index (κ3) is 21.7. The lowest BCUT2D eigenvalue weighted by Gasteiger charge is -2.28. The van der Waals surface area contributed by atoms with E-state index in [1.807, 2.05) is 13.8 Å². The van der Waals surface area contributed by atoms with Crippen molar-refractivity contribution in [3.8, 4) is 5.75 Å². The molecule has 346 valence electrons. The number of hydrogen-bond acceptors (Lipinski definition) is 14. The Morgan fingerprint density at radius 1 is 0.758 bits per heavy atom. The summed E-state index contributed by atoms with van der Waals surface area (Å²) in [4.78, 5) is 115. The molecule has 22 heteroatoms. The van der Waals surface area contributed by atoms with Gasteiger partial charge in [-0.2, -0.15) is 0 Å². The van der Waals surface area contributed by atoms with Gasteiger partial charge in [0.05, 0.1) is 51.8 Å². The summed E-state index contributed by atoms with van der Waals surface area (Å²) >= 11 is 0. The minimum Gasteiger partial charge on any atom is -0.494 e. The molecule has 0 saturated carbocycles. The summed E-state index contributed by atoms with van der Waals surface area (Å²) in [6.45, 7) is 3.36. The van der Waals surface area contributed by atoms with E-state index < -0.39 is 91.5 Å². The second-order valence-electron chi connectivity index (χ2n) is 15.6. The molecule has 3 atom stereocenters. The number of carbonyl (C=O) groups excluding carboxylic acids is 6. The Morgan fingerprint density at radius 3 is 1.84 bits per heavy atom. The van der Waals surface area contributed by atoms with Crippen LogP contribution in [0.25, 0.3) is 0 Å². The van der Waals surface area contributed by atoms with Gasteiger partial charge in [0.1, 0.15) is 17.6 Å². The third-order valence-corrected chi connectivity index (χ3v) is 9.70. The van der Waals surface area contributed by atoms with Gasteiger partial charge in [0.2, 0.25) is 29.5 Å². The highest BCUT2D eigenvalue weighted by Gasteiger charge is 2.36. The van der Waals surface area contributed by atoms with Crippen molar-refractivity contribution in [3.05, 3.63) is 29.8 Å². The quantitative estimate of drug-likeness (QED) is 0.0281. The Hall–Kier alpha value is -5.71. The van der Waals surface area contributed by atoms with Crippen molar-refractivity contribution in [1.82, 2.24) is 41.4 Å². The number of benzene rings is 1. The van der Waals surface area contributed by atoms with Crippen molar-refractivity contribution in [2.75, 3.05) is 85.1 Å². The predicted octanol–water partition coefficient (Wildman–Crippen LogP) is -1.84. The van der Waals surface area contributed by atoms with Gasteiger partial charge in [0.25, 0.3) is 0 Å². The molecule has 0 fully saturated rings. The van der Waals surface area contributed by atoms with E-state index in [-0.39, 0.29) is 89.9 Å². The van der Waals surface area contributed by atoms with E-state index in [1.54, 1.807) is 34.6 Å². The second kappa shape index (κ2) is 28.0. The fourth-order valence-corrected chi connectivity index (χ4v) is 6.81. The molecule has 0 saturated heterocycles. The molecule has 2 heterocycles. The highest BCUT2D eigenvalue weighted by atomic mass is 16.5. The van der Waals surface area contributed by atoms with E-state index in [1.165, 1.54) is 11.8 Å². The molecule has 9 N–H and O–H groups in total. The number of fused-ring (bicyclic) bond motifs is 11. The summed E-state index contributed by atoms with van der Waals surface area (Å²) in [5, 5.41) is 47.8. The summed E-state index contributed by atoms with van der Waals surface area (Å²) in [6.07, 6.45) is 1.28. The van der Waals surface area contributed by atoms with Crippen LogP contribution >= 0.6 is 0 Å². The Kier molecular flexibility index (Phi) is 23.7. The first kappa shape index (κ1) is 52.4. The van der Waals surface area contributed by atoms with Crippen molar-refractivity contribution in [3.63, 3.8) is 0 Å². The summed E-state index contributed by atoms with van der Waals surface area (Å²) in [7, 11) is 0. The lowest BCUT2D eigenvalue weighted by molar-refractivity contribution is -0.142. The van der Waals surface area contributed by atoms with E-state index in [9.17, 15) is 63.7 Å². The smallest absolute Gasteiger partial charge is 0.317 e. The van der Waals surface area contributed by atoms with E-state index in [0.29, 0.717) is 24.2 Å². The van der Waals surface area contributed by atoms with Crippen LogP contribution < -0.4 is 31.5 Å². The number of hydrogen-bond donors (Lipinski definition) is 9. The molecule has 1 aromatic carbocycles. The first-order valence-electron chi connectivity index (χ1n) is 20.5. The maximum Gasteiger partial charge on any atom is 0.317 e. The number of amides is 5. The number of carboxylic acid groups (broad SMARTS) is 3. The zero-order valence-corrected chi connectivity index (χ0v) is 35.6. The van der Waals surface area contributed by atoms with Crippen molar-refractivity contribution in [2.45, 2.75) is 58.9 Å². The maximum atomic E-state index is 13.8. The van der Waals surface area contributed by atoms with Crippen LogP contribution in [0.5, 0.6) is 5.75 Å². The summed E-state index contributed by atoms with van der Waals surface area (Å²) < 4.78 is 5.79. The highest BCUT2D eigenvalue weighted by Crippen LogP contribution is 2.27. The van der Waals surface area contributed by atoms with Gasteiger partial charge in [-0.3, -0.25) is 63.1 Å². The molecule has 22 nitrogen and oxygen atoms in total. The monoisotopic (exact) mass is 878 g/mol. The van der Waals surface area contributed by atoms with E-state index in [4.69, 9.17) is 4.74 Å². The zero-order valence-electron chi connectivity index (χ0n) is 35.6. The van der Waals surface area contributed by atoms with Gasteiger partial charge in [-0.15, -0.1) is 0 Å². The van der Waals surface area contributed by atoms with Gasteiger partial charge in [-0.25, -0.2) is 5.48 Å². The highest BCUT2D eigenvalue weighted by molar-refractivity contribution is 5.93. The van der Waals surface area contributed by atoms with E-state index in [0.717, 1.165) is 4.90 Å². The Labute approximate surface area is 360 Å². The summed E-state index contributed by atoms with van der Waals surface area (Å²) in [5.74, 6) is -8.08. The van der Waals surface area contributed by atoms with Gasteiger partial charge >= 0.3 is 17.9 Å². The number of carbonyl (C=O) groups is 9. The molecular formula is C40H62N8O14. The Balaban J connectivity index is 2.00. The van der Waals surface area contributed by atoms with E-state index in [2.05, 4.69) is 21.3 Å². The first-order valence-corrected chi connectivity index (χ1v) is 20.5. The molecule has 0 aliphatic carbocycles. The lowest BCUT2D eigenvalue weighted by atomic mass is 9.81. The van der Waals surface area contributed by atoms with Crippen LogP contribution in [-0.2, 0) is 49.6 Å². The fourth-order valence-electron chi connectivity index (χ4n) is 6.81. The van der Waals surface area contributed by atoms with Gasteiger partial charge in [-0.1, -0.05) is 26.0 Å². The van der Waals surface area contributed by atoms with Gasteiger partial charge in [0, 0.05) is 51.6 Å². The predicted molar refractivity (Wildman–Crippen MR) is 220 cm³/mol. The second-order valence-corrected chi connectivity index (χ2v) is 15.6. The van der Waals surface area contributed by atoms with Crippen molar-refractivity contribution < 1.29 is 68.4 Å². The molecule has 0 spiro atoms. The molecule has 1 unspecified atom stereocenters. The van der Waals surface area contributed by atoms with Crippen LogP contribution in [0.2, 0.25) is 0 Å². The molecule has 3 rings (SSSR count). The lowest BCUT2D eigenvalue weighted by Crippen LogP contribution is -2.53. The summed E-state index contributed by atoms with van der Waals surface area (Å²) in [6, 6.07) is 5.84. The molecule has 1 aromatic rings. The molecular weight excluding hydrogens is 816 g/mol. The molecule has 2 bridgehead atoms. The molecule has 0 radical (unpaired) electrons. The number of ether oxygens (including phenoxy) is 1. The third-order valence-electron chi connectivity index (χ3n) is 9.70. The minimum absolute atomic E-state index is 0.00595. The average Bonchev–Trinajstić information content (AvgIpc) is 3.18. The van der Waals surface area contributed by atoms with Crippen LogP contribution in [0.3, 0.4) is 0 Å². The summed E-state index contributed by atoms with van der Waals surface area (Å²) in [5.41, 5.74) is 2.36. The maximum absolute atomic E-state index is 13.8. The number of ketones is 1. The number of carboxylic acids is 3. The number of nitrogens with zero attached hydrogens (tertiary/aromatic N) is 3. The molecule has 5 amide bonds. The number of aliphatic carboxylic acids is 3. The van der Waals surface area contributed by atoms with Crippen molar-refractivity contribution >= 4 is 53.2 Å². The van der Waals surface area contributed by atoms with Crippen LogP contribution in [0.4, 0.5) is 0 Å². The molecule has 2 aliphatic rings. The molecule has 62 heavy (non-hydrogen) atoms. The number of hydroxylamine groups is 1. The minimum atomic E-state index is -1.25. The topological polar surface area (TPSA) is 314 Å².